The van der Waals surface area contributed by atoms with Gasteiger partial charge in [0, 0.05) is 6.54 Å². The van der Waals surface area contributed by atoms with E-state index in [1.165, 1.54) is 6.07 Å². The highest BCUT2D eigenvalue weighted by Crippen LogP contribution is 2.37. The number of carbonyl (C=O) groups is 1. The lowest BCUT2D eigenvalue weighted by molar-refractivity contribution is -0.140. The highest BCUT2D eigenvalue weighted by Gasteiger charge is 2.40. The predicted molar refractivity (Wildman–Crippen MR) is 68.9 cm³/mol. The predicted octanol–water partition coefficient (Wildman–Crippen LogP) is 2.29. The van der Waals surface area contributed by atoms with E-state index < -0.39 is 22.0 Å². The molecule has 18 heavy (non-hydrogen) atoms. The van der Waals surface area contributed by atoms with Gasteiger partial charge in [0.1, 0.15) is 15.3 Å². The van der Waals surface area contributed by atoms with Crippen molar-refractivity contribution in [3.63, 3.8) is 0 Å². The topological polar surface area (TPSA) is 74.7 Å². The van der Waals surface area contributed by atoms with Crippen LogP contribution in [0.25, 0.3) is 0 Å². The minimum atomic E-state index is -3.90. The van der Waals surface area contributed by atoms with E-state index in [-0.39, 0.29) is 20.1 Å². The highest BCUT2D eigenvalue weighted by molar-refractivity contribution is 7.89. The Morgan fingerprint density at radius 3 is 2.67 bits per heavy atom. The van der Waals surface area contributed by atoms with Gasteiger partial charge < -0.3 is 5.11 Å². The van der Waals surface area contributed by atoms with Crippen LogP contribution >= 0.6 is 34.5 Å². The Hall–Kier alpha value is -0.340. The molecule has 0 aliphatic carbocycles. The fourth-order valence-corrected chi connectivity index (χ4v) is 5.67. The van der Waals surface area contributed by atoms with Crippen LogP contribution in [0.3, 0.4) is 0 Å². The van der Waals surface area contributed by atoms with E-state index >= 15 is 0 Å². The van der Waals surface area contributed by atoms with Crippen LogP contribution < -0.4 is 0 Å². The summed E-state index contributed by atoms with van der Waals surface area (Å²) < 4.78 is 25.9. The van der Waals surface area contributed by atoms with Crippen molar-refractivity contribution in [2.75, 3.05) is 6.54 Å². The van der Waals surface area contributed by atoms with E-state index in [2.05, 4.69) is 0 Å². The highest BCUT2D eigenvalue weighted by atomic mass is 35.5. The van der Waals surface area contributed by atoms with Crippen molar-refractivity contribution < 1.29 is 18.3 Å². The Bertz CT molecular complexity index is 583. The number of carboxylic acids is 1. The zero-order valence-electron chi connectivity index (χ0n) is 8.97. The molecule has 1 aromatic heterocycles. The van der Waals surface area contributed by atoms with Gasteiger partial charge in [-0.2, -0.15) is 4.31 Å². The molecule has 0 saturated carbocycles. The standard InChI is InChI=1S/C9H9Cl2NO4S2/c10-7-4-6(8(11)17-7)18(15,16)12-3-1-2-5(12)9(13)14/h4-5H,1-3H2,(H,13,14)/t5-/m0/s1. The van der Waals surface area contributed by atoms with Gasteiger partial charge in [-0.15, -0.1) is 11.3 Å². The van der Waals surface area contributed by atoms with Gasteiger partial charge in [0.2, 0.25) is 10.0 Å². The molecule has 0 amide bonds. The van der Waals surface area contributed by atoms with E-state index in [1.54, 1.807) is 0 Å². The molecule has 0 bridgehead atoms. The van der Waals surface area contributed by atoms with Crippen molar-refractivity contribution in [3.8, 4) is 0 Å². The molecule has 2 heterocycles. The molecule has 0 radical (unpaired) electrons. The fourth-order valence-electron chi connectivity index (χ4n) is 1.90. The lowest BCUT2D eigenvalue weighted by Crippen LogP contribution is -2.40. The molecule has 0 unspecified atom stereocenters. The van der Waals surface area contributed by atoms with Crippen LogP contribution in [0.1, 0.15) is 12.8 Å². The van der Waals surface area contributed by atoms with Crippen molar-refractivity contribution in [1.29, 1.82) is 0 Å². The summed E-state index contributed by atoms with van der Waals surface area (Å²) in [6, 6.07) is 0.228. The van der Waals surface area contributed by atoms with Crippen LogP contribution in [-0.4, -0.2) is 36.4 Å². The van der Waals surface area contributed by atoms with Gasteiger partial charge in [-0.25, -0.2) is 8.42 Å². The smallest absolute Gasteiger partial charge is 0.322 e. The Balaban J connectivity index is 2.43. The molecule has 1 aromatic rings. The molecule has 100 valence electrons. The first-order valence-electron chi connectivity index (χ1n) is 5.03. The summed E-state index contributed by atoms with van der Waals surface area (Å²) in [7, 11) is -3.90. The summed E-state index contributed by atoms with van der Waals surface area (Å²) in [4.78, 5) is 10.9. The number of carboxylic acid groups (broad SMARTS) is 1. The minimum absolute atomic E-state index is 0.0519. The Labute approximate surface area is 118 Å². The summed E-state index contributed by atoms with van der Waals surface area (Å²) in [6.07, 6.45) is 0.829. The van der Waals surface area contributed by atoms with Crippen LogP contribution in [0.2, 0.25) is 8.67 Å². The Morgan fingerprint density at radius 2 is 2.17 bits per heavy atom. The molecular weight excluding hydrogens is 321 g/mol. The number of thiophene rings is 1. The van der Waals surface area contributed by atoms with Crippen LogP contribution in [0.4, 0.5) is 0 Å². The summed E-state index contributed by atoms with van der Waals surface area (Å²) >= 11 is 12.5. The summed E-state index contributed by atoms with van der Waals surface area (Å²) in [5, 5.41) is 9.01. The first-order valence-corrected chi connectivity index (χ1v) is 8.05. The van der Waals surface area contributed by atoms with Gasteiger partial charge in [0.05, 0.1) is 4.34 Å². The SMILES string of the molecule is O=C(O)[C@@H]1CCCN1S(=O)(=O)c1cc(Cl)sc1Cl. The molecule has 9 heteroatoms. The third-order valence-electron chi connectivity index (χ3n) is 2.70. The van der Waals surface area contributed by atoms with Gasteiger partial charge in [-0.3, -0.25) is 4.79 Å². The third-order valence-corrected chi connectivity index (χ3v) is 6.36. The number of halogens is 2. The zero-order valence-corrected chi connectivity index (χ0v) is 12.1. The van der Waals surface area contributed by atoms with Crippen molar-refractivity contribution in [2.45, 2.75) is 23.8 Å². The fraction of sp³-hybridized carbons (Fsp3) is 0.444. The third kappa shape index (κ3) is 2.37. The molecule has 5 nitrogen and oxygen atoms in total. The Kier molecular flexibility index (Phi) is 3.89. The van der Waals surface area contributed by atoms with Crippen LogP contribution in [0.15, 0.2) is 11.0 Å². The summed E-state index contributed by atoms with van der Waals surface area (Å²) in [5.74, 6) is -1.14. The molecule has 0 spiro atoms. The lowest BCUT2D eigenvalue weighted by atomic mass is 10.2. The summed E-state index contributed by atoms with van der Waals surface area (Å²) in [6.45, 7) is 0.184. The van der Waals surface area contributed by atoms with E-state index in [0.29, 0.717) is 12.8 Å². The van der Waals surface area contributed by atoms with E-state index in [4.69, 9.17) is 28.3 Å². The molecule has 1 N–H and O–H groups in total. The average molecular weight is 330 g/mol. The van der Waals surface area contributed by atoms with Crippen LogP contribution in [0.5, 0.6) is 0 Å². The second-order valence-corrected chi connectivity index (χ2v) is 7.95. The molecule has 1 fully saturated rings. The molecule has 2 rings (SSSR count). The summed E-state index contributed by atoms with van der Waals surface area (Å²) in [5.41, 5.74) is 0. The van der Waals surface area contributed by atoms with Crippen LogP contribution in [0, 0.1) is 0 Å². The molecule has 0 aromatic carbocycles. The molecule has 1 aliphatic heterocycles. The first-order chi connectivity index (χ1) is 8.34. The molecular formula is C9H9Cl2NO4S2. The zero-order chi connectivity index (χ0) is 13.5. The van der Waals surface area contributed by atoms with Crippen LogP contribution in [-0.2, 0) is 14.8 Å². The molecule has 1 atom stereocenters. The number of aliphatic carboxylic acids is 1. The Morgan fingerprint density at radius 1 is 1.50 bits per heavy atom. The van der Waals surface area contributed by atoms with Gasteiger partial charge >= 0.3 is 5.97 Å². The van der Waals surface area contributed by atoms with Gasteiger partial charge in [-0.05, 0) is 18.9 Å². The number of sulfonamides is 1. The lowest BCUT2D eigenvalue weighted by Gasteiger charge is -2.20. The van der Waals surface area contributed by atoms with Crippen molar-refractivity contribution >= 4 is 50.5 Å². The quantitative estimate of drug-likeness (QED) is 0.923. The van der Waals surface area contributed by atoms with E-state index in [1.807, 2.05) is 0 Å². The van der Waals surface area contributed by atoms with E-state index in [9.17, 15) is 13.2 Å². The first kappa shape index (κ1) is 14.1. The second-order valence-electron chi connectivity index (χ2n) is 3.80. The monoisotopic (exact) mass is 329 g/mol. The minimum Gasteiger partial charge on any atom is -0.480 e. The number of hydrogen-bond donors (Lipinski definition) is 1. The maximum atomic E-state index is 12.3. The normalized spacial score (nSPS) is 21.3. The largest absolute Gasteiger partial charge is 0.480 e. The average Bonchev–Trinajstić information content (AvgIpc) is 2.84. The van der Waals surface area contributed by atoms with Gasteiger partial charge in [-0.1, -0.05) is 23.2 Å². The number of hydrogen-bond acceptors (Lipinski definition) is 4. The maximum absolute atomic E-state index is 12.3. The van der Waals surface area contributed by atoms with Gasteiger partial charge in [0.15, 0.2) is 0 Å². The van der Waals surface area contributed by atoms with Crippen molar-refractivity contribution in [3.05, 3.63) is 14.7 Å². The molecule has 1 aliphatic rings. The maximum Gasteiger partial charge on any atom is 0.322 e. The van der Waals surface area contributed by atoms with Crippen molar-refractivity contribution in [2.24, 2.45) is 0 Å². The number of nitrogens with zero attached hydrogens (tertiary/aromatic N) is 1. The second kappa shape index (κ2) is 4.97. The number of rotatable bonds is 3. The van der Waals surface area contributed by atoms with Crippen molar-refractivity contribution in [1.82, 2.24) is 4.31 Å². The van der Waals surface area contributed by atoms with Gasteiger partial charge in [0.25, 0.3) is 0 Å². The molecule has 1 saturated heterocycles. The van der Waals surface area contributed by atoms with E-state index in [0.717, 1.165) is 15.6 Å².